The summed E-state index contributed by atoms with van der Waals surface area (Å²) in [5, 5.41) is 18.2. The monoisotopic (exact) mass is 267 g/mol. The van der Waals surface area contributed by atoms with Gasteiger partial charge in [-0.25, -0.2) is 4.39 Å². The Kier molecular flexibility index (Phi) is 5.16. The van der Waals surface area contributed by atoms with Gasteiger partial charge in [0.15, 0.2) is 0 Å². The van der Waals surface area contributed by atoms with E-state index in [-0.39, 0.29) is 19.0 Å². The Labute approximate surface area is 113 Å². The van der Waals surface area contributed by atoms with Crippen LogP contribution < -0.4 is 4.90 Å². The summed E-state index contributed by atoms with van der Waals surface area (Å²) in [6.07, 6.45) is 5.70. The van der Waals surface area contributed by atoms with Gasteiger partial charge in [-0.15, -0.1) is 0 Å². The predicted molar refractivity (Wildman–Crippen MR) is 73.6 cm³/mol. The number of aliphatic hydroxyl groups excluding tert-OH is 2. The van der Waals surface area contributed by atoms with Gasteiger partial charge in [-0.05, 0) is 30.5 Å². The van der Waals surface area contributed by atoms with Crippen molar-refractivity contribution in [3.8, 4) is 0 Å². The second-order valence-electron chi connectivity index (χ2n) is 5.15. The Hall–Kier alpha value is -1.13. The highest BCUT2D eigenvalue weighted by molar-refractivity contribution is 5.50. The fourth-order valence-electron chi connectivity index (χ4n) is 2.88. The first kappa shape index (κ1) is 14.3. The summed E-state index contributed by atoms with van der Waals surface area (Å²) in [5.41, 5.74) is 1.12. The van der Waals surface area contributed by atoms with Crippen molar-refractivity contribution in [2.45, 2.75) is 44.8 Å². The molecule has 1 aliphatic carbocycles. The Morgan fingerprint density at radius 1 is 1.16 bits per heavy atom. The van der Waals surface area contributed by atoms with Gasteiger partial charge in [-0.1, -0.05) is 25.3 Å². The van der Waals surface area contributed by atoms with E-state index < -0.39 is 0 Å². The van der Waals surface area contributed by atoms with Crippen molar-refractivity contribution in [1.29, 1.82) is 0 Å². The molecular weight excluding hydrogens is 245 g/mol. The maximum Gasteiger partial charge on any atom is 0.146 e. The number of hydrogen-bond acceptors (Lipinski definition) is 3. The van der Waals surface area contributed by atoms with Crippen LogP contribution in [0.5, 0.6) is 0 Å². The van der Waals surface area contributed by atoms with Crippen LogP contribution in [0.15, 0.2) is 18.2 Å². The molecule has 0 heterocycles. The van der Waals surface area contributed by atoms with Crippen molar-refractivity contribution in [1.82, 2.24) is 0 Å². The zero-order valence-corrected chi connectivity index (χ0v) is 11.2. The van der Waals surface area contributed by atoms with Crippen molar-refractivity contribution >= 4 is 5.69 Å². The summed E-state index contributed by atoms with van der Waals surface area (Å²) in [5.74, 6) is -0.314. The van der Waals surface area contributed by atoms with Gasteiger partial charge in [0.25, 0.3) is 0 Å². The average molecular weight is 267 g/mol. The lowest BCUT2D eigenvalue weighted by atomic mass is 9.93. The Morgan fingerprint density at radius 3 is 2.47 bits per heavy atom. The molecule has 4 heteroatoms. The third-order valence-electron chi connectivity index (χ3n) is 3.86. The number of benzene rings is 1. The molecule has 0 aromatic heterocycles. The van der Waals surface area contributed by atoms with Crippen molar-refractivity contribution in [2.24, 2.45) is 0 Å². The quantitative estimate of drug-likeness (QED) is 0.861. The van der Waals surface area contributed by atoms with Crippen LogP contribution in [0.1, 0.15) is 37.7 Å². The van der Waals surface area contributed by atoms with Crippen molar-refractivity contribution < 1.29 is 14.6 Å². The molecule has 2 rings (SSSR count). The molecule has 2 N–H and O–H groups in total. The molecule has 19 heavy (non-hydrogen) atoms. The molecule has 0 saturated heterocycles. The Balaban J connectivity index is 2.22. The first-order chi connectivity index (χ1) is 9.26. The van der Waals surface area contributed by atoms with E-state index in [1.54, 1.807) is 12.1 Å². The minimum Gasteiger partial charge on any atom is -0.395 e. The fraction of sp³-hybridized carbons (Fsp3) is 0.600. The lowest BCUT2D eigenvalue weighted by Gasteiger charge is -2.36. The van der Waals surface area contributed by atoms with E-state index in [0.29, 0.717) is 23.8 Å². The first-order valence-corrected chi connectivity index (χ1v) is 7.03. The highest BCUT2D eigenvalue weighted by Gasteiger charge is 2.23. The lowest BCUT2D eigenvalue weighted by Crippen LogP contribution is -2.39. The third-order valence-corrected chi connectivity index (χ3v) is 3.86. The molecule has 3 nitrogen and oxygen atoms in total. The maximum atomic E-state index is 14.1. The van der Waals surface area contributed by atoms with Gasteiger partial charge in [-0.2, -0.15) is 0 Å². The van der Waals surface area contributed by atoms with Crippen LogP contribution in [0.3, 0.4) is 0 Å². The van der Waals surface area contributed by atoms with Gasteiger partial charge >= 0.3 is 0 Å². The van der Waals surface area contributed by atoms with Crippen LogP contribution in [0, 0.1) is 5.82 Å². The molecule has 1 aromatic rings. The summed E-state index contributed by atoms with van der Waals surface area (Å²) in [6.45, 7) is 0.332. The molecule has 1 aliphatic rings. The summed E-state index contributed by atoms with van der Waals surface area (Å²) >= 11 is 0. The topological polar surface area (TPSA) is 43.7 Å². The Bertz CT molecular complexity index is 405. The maximum absolute atomic E-state index is 14.1. The van der Waals surface area contributed by atoms with Crippen molar-refractivity contribution in [3.05, 3.63) is 29.6 Å². The second-order valence-corrected chi connectivity index (χ2v) is 5.15. The van der Waals surface area contributed by atoms with Crippen LogP contribution in [0.2, 0.25) is 0 Å². The molecule has 0 bridgehead atoms. The molecule has 1 aromatic carbocycles. The highest BCUT2D eigenvalue weighted by Crippen LogP contribution is 2.29. The van der Waals surface area contributed by atoms with Crippen LogP contribution >= 0.6 is 0 Å². The van der Waals surface area contributed by atoms with Gasteiger partial charge < -0.3 is 15.1 Å². The molecule has 1 fully saturated rings. The molecule has 0 unspecified atom stereocenters. The zero-order valence-electron chi connectivity index (χ0n) is 11.2. The van der Waals surface area contributed by atoms with Gasteiger partial charge in [0.1, 0.15) is 5.82 Å². The van der Waals surface area contributed by atoms with Gasteiger partial charge in [-0.3, -0.25) is 0 Å². The summed E-state index contributed by atoms with van der Waals surface area (Å²) in [7, 11) is 0. The minimum atomic E-state index is -0.314. The van der Waals surface area contributed by atoms with Crippen LogP contribution in [0.25, 0.3) is 0 Å². The van der Waals surface area contributed by atoms with Crippen LogP contribution in [-0.4, -0.2) is 29.4 Å². The van der Waals surface area contributed by atoms with E-state index in [9.17, 15) is 9.50 Å². The molecule has 106 valence electrons. The van der Waals surface area contributed by atoms with Gasteiger partial charge in [0, 0.05) is 12.6 Å². The first-order valence-electron chi connectivity index (χ1n) is 7.03. The van der Waals surface area contributed by atoms with E-state index in [1.807, 2.05) is 4.90 Å². The highest BCUT2D eigenvalue weighted by atomic mass is 19.1. The van der Waals surface area contributed by atoms with Crippen LogP contribution in [0.4, 0.5) is 10.1 Å². The number of rotatable bonds is 5. The standard InChI is InChI=1S/C15H22FNO2/c16-14-10-12(11-19)6-7-15(14)17(8-9-18)13-4-2-1-3-5-13/h6-7,10,13,18-19H,1-5,8-9,11H2. The molecular formula is C15H22FNO2. The fourth-order valence-corrected chi connectivity index (χ4v) is 2.88. The summed E-state index contributed by atoms with van der Waals surface area (Å²) in [6, 6.07) is 5.15. The number of halogens is 1. The predicted octanol–water partition coefficient (Wildman–Crippen LogP) is 2.45. The summed E-state index contributed by atoms with van der Waals surface area (Å²) < 4.78 is 14.1. The number of aliphatic hydroxyl groups is 2. The molecule has 0 amide bonds. The van der Waals surface area contributed by atoms with E-state index >= 15 is 0 Å². The number of anilines is 1. The molecule has 0 aliphatic heterocycles. The normalized spacial score (nSPS) is 16.6. The van der Waals surface area contributed by atoms with Gasteiger partial charge in [0.05, 0.1) is 18.9 Å². The largest absolute Gasteiger partial charge is 0.395 e. The van der Waals surface area contributed by atoms with E-state index in [0.717, 1.165) is 12.8 Å². The van der Waals surface area contributed by atoms with Crippen LogP contribution in [-0.2, 0) is 6.61 Å². The number of hydrogen-bond donors (Lipinski definition) is 2. The van der Waals surface area contributed by atoms with Crippen molar-refractivity contribution in [2.75, 3.05) is 18.1 Å². The zero-order chi connectivity index (χ0) is 13.7. The SMILES string of the molecule is OCCN(c1ccc(CO)cc1F)C1CCCCC1. The molecule has 1 saturated carbocycles. The van der Waals surface area contributed by atoms with E-state index in [1.165, 1.54) is 25.3 Å². The minimum absolute atomic E-state index is 0.0255. The van der Waals surface area contributed by atoms with Gasteiger partial charge in [0.2, 0.25) is 0 Å². The molecule has 0 atom stereocenters. The van der Waals surface area contributed by atoms with E-state index in [4.69, 9.17) is 5.11 Å². The smallest absolute Gasteiger partial charge is 0.146 e. The summed E-state index contributed by atoms with van der Waals surface area (Å²) in [4.78, 5) is 1.98. The number of nitrogens with zero attached hydrogens (tertiary/aromatic N) is 1. The lowest BCUT2D eigenvalue weighted by molar-refractivity contribution is 0.280. The average Bonchev–Trinajstić information content (AvgIpc) is 2.46. The molecule has 0 spiro atoms. The second kappa shape index (κ2) is 6.87. The molecule has 0 radical (unpaired) electrons. The Morgan fingerprint density at radius 2 is 1.89 bits per heavy atom. The van der Waals surface area contributed by atoms with Crippen molar-refractivity contribution in [3.63, 3.8) is 0 Å². The van der Waals surface area contributed by atoms with E-state index in [2.05, 4.69) is 0 Å². The third kappa shape index (κ3) is 3.45.